The van der Waals surface area contributed by atoms with E-state index in [1.807, 2.05) is 0 Å². The van der Waals surface area contributed by atoms with E-state index < -0.39 is 0 Å². The van der Waals surface area contributed by atoms with Crippen molar-refractivity contribution in [3.8, 4) is 0 Å². The lowest BCUT2D eigenvalue weighted by molar-refractivity contribution is 0.158. The Labute approximate surface area is 92.4 Å². The molecule has 0 radical (unpaired) electrons. The molecule has 2 aliphatic heterocycles. The quantitative estimate of drug-likeness (QED) is 0.652. The summed E-state index contributed by atoms with van der Waals surface area (Å²) in [5.74, 6) is 0.933. The van der Waals surface area contributed by atoms with Crippen LogP contribution in [0.5, 0.6) is 0 Å². The van der Waals surface area contributed by atoms with Crippen LogP contribution in [0.2, 0.25) is 0 Å². The summed E-state index contributed by atoms with van der Waals surface area (Å²) in [5.41, 5.74) is 0. The molecule has 0 atom stereocenters. The van der Waals surface area contributed by atoms with E-state index in [2.05, 4.69) is 27.3 Å². The molecule has 4 heteroatoms. The maximum absolute atomic E-state index is 4.36. The van der Waals surface area contributed by atoms with E-state index in [0.717, 1.165) is 19.0 Å². The third-order valence-corrected chi connectivity index (χ3v) is 3.72. The number of piperidine rings is 1. The first-order valence-electron chi connectivity index (χ1n) is 5.71. The number of nitrogens with zero attached hydrogens (tertiary/aromatic N) is 2. The molecule has 0 unspecified atom stereocenters. The van der Waals surface area contributed by atoms with Crippen molar-refractivity contribution in [2.24, 2.45) is 5.92 Å². The van der Waals surface area contributed by atoms with Crippen molar-refractivity contribution in [2.75, 3.05) is 45.8 Å². The van der Waals surface area contributed by atoms with Crippen LogP contribution in [0, 0.1) is 5.92 Å². The van der Waals surface area contributed by atoms with Gasteiger partial charge in [-0.3, -0.25) is 4.31 Å². The molecule has 1 N–H and O–H groups in total. The van der Waals surface area contributed by atoms with Crippen molar-refractivity contribution in [1.29, 1.82) is 0 Å². The maximum atomic E-state index is 4.36. The molecule has 14 heavy (non-hydrogen) atoms. The number of piperazine rings is 1. The van der Waals surface area contributed by atoms with Gasteiger partial charge in [0.1, 0.15) is 0 Å². The van der Waals surface area contributed by atoms with Crippen LogP contribution in [0.4, 0.5) is 0 Å². The SMILES string of the molecule is SN1CCN(CC2CCNCC2)CC1. The summed E-state index contributed by atoms with van der Waals surface area (Å²) in [5, 5.41) is 3.42. The fraction of sp³-hybridized carbons (Fsp3) is 1.00. The minimum absolute atomic E-state index is 0.933. The van der Waals surface area contributed by atoms with Gasteiger partial charge in [0.25, 0.3) is 0 Å². The van der Waals surface area contributed by atoms with Crippen molar-refractivity contribution in [1.82, 2.24) is 14.5 Å². The first-order valence-corrected chi connectivity index (χ1v) is 6.11. The van der Waals surface area contributed by atoms with Gasteiger partial charge >= 0.3 is 0 Å². The minimum atomic E-state index is 0.933. The van der Waals surface area contributed by atoms with E-state index in [1.54, 1.807) is 0 Å². The van der Waals surface area contributed by atoms with Gasteiger partial charge in [-0.05, 0) is 31.8 Å². The Balaban J connectivity index is 1.68. The zero-order valence-electron chi connectivity index (χ0n) is 8.78. The Kier molecular flexibility index (Phi) is 4.10. The van der Waals surface area contributed by atoms with E-state index in [0.29, 0.717) is 0 Å². The van der Waals surface area contributed by atoms with E-state index in [1.165, 1.54) is 45.6 Å². The van der Waals surface area contributed by atoms with Gasteiger partial charge in [0, 0.05) is 32.7 Å². The van der Waals surface area contributed by atoms with Gasteiger partial charge in [0.05, 0.1) is 0 Å². The molecule has 0 aromatic rings. The molecule has 0 aromatic heterocycles. The molecule has 2 heterocycles. The number of hydrogen-bond acceptors (Lipinski definition) is 4. The number of hydrogen-bond donors (Lipinski definition) is 2. The van der Waals surface area contributed by atoms with Crippen LogP contribution in [0.15, 0.2) is 0 Å². The van der Waals surface area contributed by atoms with Crippen molar-refractivity contribution in [2.45, 2.75) is 12.8 Å². The summed E-state index contributed by atoms with van der Waals surface area (Å²) in [7, 11) is 0. The Hall–Kier alpha value is 0.230. The Morgan fingerprint density at radius 3 is 2.36 bits per heavy atom. The second kappa shape index (κ2) is 5.35. The molecule has 0 amide bonds. The number of nitrogens with one attached hydrogen (secondary N) is 1. The topological polar surface area (TPSA) is 18.5 Å². The van der Waals surface area contributed by atoms with E-state index >= 15 is 0 Å². The largest absolute Gasteiger partial charge is 0.317 e. The summed E-state index contributed by atoms with van der Waals surface area (Å²) in [6.07, 6.45) is 2.72. The second-order valence-electron chi connectivity index (χ2n) is 4.45. The summed E-state index contributed by atoms with van der Waals surface area (Å²) < 4.78 is 2.12. The van der Waals surface area contributed by atoms with Crippen molar-refractivity contribution < 1.29 is 0 Å². The van der Waals surface area contributed by atoms with Crippen LogP contribution in [0.3, 0.4) is 0 Å². The molecule has 2 fully saturated rings. The summed E-state index contributed by atoms with van der Waals surface area (Å²) in [4.78, 5) is 2.60. The summed E-state index contributed by atoms with van der Waals surface area (Å²) in [6.45, 7) is 8.39. The lowest BCUT2D eigenvalue weighted by Gasteiger charge is -2.35. The monoisotopic (exact) mass is 215 g/mol. The molecule has 2 saturated heterocycles. The van der Waals surface area contributed by atoms with Crippen LogP contribution in [0.1, 0.15) is 12.8 Å². The minimum Gasteiger partial charge on any atom is -0.317 e. The normalized spacial score (nSPS) is 28.1. The molecule has 0 saturated carbocycles. The lowest BCUT2D eigenvalue weighted by Crippen LogP contribution is -2.45. The molecule has 0 aromatic carbocycles. The predicted octanol–water partition coefficient (Wildman–Crippen LogP) is 0.448. The highest BCUT2D eigenvalue weighted by molar-refractivity contribution is 7.77. The van der Waals surface area contributed by atoms with Gasteiger partial charge < -0.3 is 10.2 Å². The van der Waals surface area contributed by atoms with Gasteiger partial charge in [-0.25, -0.2) is 0 Å². The van der Waals surface area contributed by atoms with Crippen molar-refractivity contribution >= 4 is 12.8 Å². The highest BCUT2D eigenvalue weighted by atomic mass is 32.1. The van der Waals surface area contributed by atoms with Gasteiger partial charge in [0.15, 0.2) is 0 Å². The average Bonchev–Trinajstić information content (AvgIpc) is 2.23. The van der Waals surface area contributed by atoms with Crippen LogP contribution in [-0.2, 0) is 0 Å². The fourth-order valence-corrected chi connectivity index (χ4v) is 2.53. The smallest absolute Gasteiger partial charge is 0.0215 e. The first kappa shape index (κ1) is 10.7. The van der Waals surface area contributed by atoms with Gasteiger partial charge in [0.2, 0.25) is 0 Å². The number of thiol groups is 1. The Morgan fingerprint density at radius 1 is 1.07 bits per heavy atom. The standard InChI is InChI=1S/C10H21N3S/c14-13-7-5-12(6-8-13)9-10-1-3-11-4-2-10/h10-11,14H,1-9H2. The van der Waals surface area contributed by atoms with Crippen LogP contribution in [-0.4, -0.2) is 55.0 Å². The first-order chi connectivity index (χ1) is 6.84. The van der Waals surface area contributed by atoms with E-state index in [-0.39, 0.29) is 0 Å². The lowest BCUT2D eigenvalue weighted by atomic mass is 9.97. The van der Waals surface area contributed by atoms with E-state index in [9.17, 15) is 0 Å². The van der Waals surface area contributed by atoms with Crippen molar-refractivity contribution in [3.05, 3.63) is 0 Å². The molecule has 0 spiro atoms. The highest BCUT2D eigenvalue weighted by Crippen LogP contribution is 2.14. The zero-order valence-corrected chi connectivity index (χ0v) is 9.68. The van der Waals surface area contributed by atoms with E-state index in [4.69, 9.17) is 0 Å². The highest BCUT2D eigenvalue weighted by Gasteiger charge is 2.19. The molecule has 82 valence electrons. The second-order valence-corrected chi connectivity index (χ2v) is 5.01. The number of rotatable bonds is 2. The van der Waals surface area contributed by atoms with Crippen LogP contribution >= 0.6 is 12.8 Å². The fourth-order valence-electron chi connectivity index (χ4n) is 2.35. The summed E-state index contributed by atoms with van der Waals surface area (Å²) >= 11 is 4.36. The van der Waals surface area contributed by atoms with Gasteiger partial charge in [-0.15, -0.1) is 0 Å². The molecule has 2 rings (SSSR count). The predicted molar refractivity (Wildman–Crippen MR) is 62.6 cm³/mol. The molecule has 3 nitrogen and oxygen atoms in total. The third-order valence-electron chi connectivity index (χ3n) is 3.32. The molecule has 0 bridgehead atoms. The third kappa shape index (κ3) is 3.12. The van der Waals surface area contributed by atoms with Gasteiger partial charge in [-0.2, -0.15) is 0 Å². The maximum Gasteiger partial charge on any atom is 0.0215 e. The molecular weight excluding hydrogens is 194 g/mol. The Bertz CT molecular complexity index is 163. The molecular formula is C10H21N3S. The molecule has 0 aliphatic carbocycles. The van der Waals surface area contributed by atoms with Crippen molar-refractivity contribution in [3.63, 3.8) is 0 Å². The zero-order chi connectivity index (χ0) is 9.80. The van der Waals surface area contributed by atoms with Crippen LogP contribution in [0.25, 0.3) is 0 Å². The van der Waals surface area contributed by atoms with Gasteiger partial charge in [-0.1, -0.05) is 12.8 Å². The summed E-state index contributed by atoms with van der Waals surface area (Å²) in [6, 6.07) is 0. The molecule has 2 aliphatic rings. The van der Waals surface area contributed by atoms with Crippen LogP contribution < -0.4 is 5.32 Å². The average molecular weight is 215 g/mol. The Morgan fingerprint density at radius 2 is 1.71 bits per heavy atom.